The van der Waals surface area contributed by atoms with Gasteiger partial charge in [0.2, 0.25) is 5.91 Å². The van der Waals surface area contributed by atoms with Crippen molar-refractivity contribution in [3.8, 4) is 0 Å². The second-order valence-electron chi connectivity index (χ2n) is 7.72. The van der Waals surface area contributed by atoms with E-state index < -0.39 is 0 Å². The summed E-state index contributed by atoms with van der Waals surface area (Å²) in [5, 5.41) is 0. The van der Waals surface area contributed by atoms with Crippen molar-refractivity contribution in [3.05, 3.63) is 60.4 Å². The Morgan fingerprint density at radius 2 is 1.81 bits per heavy atom. The second-order valence-corrected chi connectivity index (χ2v) is 7.72. The van der Waals surface area contributed by atoms with Gasteiger partial charge in [0.1, 0.15) is 0 Å². The number of rotatable bonds is 5. The van der Waals surface area contributed by atoms with E-state index in [1.165, 1.54) is 18.4 Å². The highest BCUT2D eigenvalue weighted by atomic mass is 16.2. The van der Waals surface area contributed by atoms with Crippen LogP contribution in [-0.4, -0.2) is 42.0 Å². The summed E-state index contributed by atoms with van der Waals surface area (Å²) in [4.78, 5) is 21.1. The van der Waals surface area contributed by atoms with Crippen LogP contribution in [0.25, 0.3) is 0 Å². The number of anilines is 1. The van der Waals surface area contributed by atoms with E-state index in [0.29, 0.717) is 12.3 Å². The number of para-hydroxylation sites is 1. The predicted molar refractivity (Wildman–Crippen MR) is 104 cm³/mol. The zero-order chi connectivity index (χ0) is 17.8. The first-order valence-corrected chi connectivity index (χ1v) is 9.74. The van der Waals surface area contributed by atoms with Gasteiger partial charge in [-0.2, -0.15) is 0 Å². The van der Waals surface area contributed by atoms with E-state index in [4.69, 9.17) is 0 Å². The van der Waals surface area contributed by atoms with E-state index in [1.807, 2.05) is 53.7 Å². The number of carbonyl (C=O) groups excluding carboxylic acids is 1. The molecule has 0 bridgehead atoms. The van der Waals surface area contributed by atoms with Crippen molar-refractivity contribution in [2.45, 2.75) is 25.7 Å². The molecule has 0 saturated carbocycles. The number of nitrogens with zero attached hydrogens (tertiary/aromatic N) is 3. The molecule has 2 aromatic rings. The van der Waals surface area contributed by atoms with Crippen LogP contribution in [0.5, 0.6) is 0 Å². The van der Waals surface area contributed by atoms with Crippen molar-refractivity contribution in [1.82, 2.24) is 9.88 Å². The summed E-state index contributed by atoms with van der Waals surface area (Å²) in [7, 11) is 0. The first-order chi connectivity index (χ1) is 12.8. The number of pyridine rings is 1. The molecule has 1 amide bonds. The van der Waals surface area contributed by atoms with Crippen molar-refractivity contribution in [1.29, 1.82) is 0 Å². The van der Waals surface area contributed by atoms with Crippen molar-refractivity contribution in [3.63, 3.8) is 0 Å². The van der Waals surface area contributed by atoms with E-state index in [0.717, 1.165) is 44.2 Å². The van der Waals surface area contributed by atoms with Crippen LogP contribution in [0.4, 0.5) is 5.69 Å². The number of hydrogen-bond acceptors (Lipinski definition) is 3. The third-order valence-electron chi connectivity index (χ3n) is 5.74. The summed E-state index contributed by atoms with van der Waals surface area (Å²) in [6.45, 7) is 4.22. The molecule has 3 heterocycles. The first-order valence-electron chi connectivity index (χ1n) is 9.74. The van der Waals surface area contributed by atoms with Crippen molar-refractivity contribution in [2.24, 2.45) is 11.8 Å². The summed E-state index contributed by atoms with van der Waals surface area (Å²) in [6.07, 6.45) is 8.16. The maximum absolute atomic E-state index is 12.4. The van der Waals surface area contributed by atoms with Gasteiger partial charge in [0, 0.05) is 37.6 Å². The Morgan fingerprint density at radius 3 is 2.54 bits per heavy atom. The number of benzene rings is 1. The van der Waals surface area contributed by atoms with Gasteiger partial charge in [-0.05, 0) is 68.0 Å². The maximum atomic E-state index is 12.4. The van der Waals surface area contributed by atoms with Crippen LogP contribution in [-0.2, 0) is 11.2 Å². The Kier molecular flexibility index (Phi) is 5.30. The van der Waals surface area contributed by atoms with Gasteiger partial charge in [0.15, 0.2) is 0 Å². The van der Waals surface area contributed by atoms with E-state index in [-0.39, 0.29) is 5.91 Å². The van der Waals surface area contributed by atoms with E-state index in [9.17, 15) is 4.79 Å². The Morgan fingerprint density at radius 1 is 1.00 bits per heavy atom. The molecule has 0 N–H and O–H groups in total. The SMILES string of the molecule is O=C1C[C@H](CN2CCC(Cc3cccnc3)CC2)CN1c1ccccc1. The fraction of sp³-hybridized carbons (Fsp3) is 0.455. The highest BCUT2D eigenvalue weighted by Gasteiger charge is 2.32. The lowest BCUT2D eigenvalue weighted by Crippen LogP contribution is -2.38. The smallest absolute Gasteiger partial charge is 0.227 e. The number of likely N-dealkylation sites (tertiary alicyclic amines) is 1. The van der Waals surface area contributed by atoms with Crippen LogP contribution < -0.4 is 4.90 Å². The van der Waals surface area contributed by atoms with Gasteiger partial charge < -0.3 is 9.80 Å². The molecule has 2 aliphatic rings. The van der Waals surface area contributed by atoms with E-state index >= 15 is 0 Å². The van der Waals surface area contributed by atoms with Crippen LogP contribution in [0.15, 0.2) is 54.9 Å². The minimum Gasteiger partial charge on any atom is -0.312 e. The molecular weight excluding hydrogens is 322 g/mol. The largest absolute Gasteiger partial charge is 0.312 e. The van der Waals surface area contributed by atoms with Crippen LogP contribution in [0.2, 0.25) is 0 Å². The highest BCUT2D eigenvalue weighted by molar-refractivity contribution is 5.95. The second kappa shape index (κ2) is 8.00. The molecule has 0 aliphatic carbocycles. The van der Waals surface area contributed by atoms with Crippen LogP contribution >= 0.6 is 0 Å². The summed E-state index contributed by atoms with van der Waals surface area (Å²) in [6, 6.07) is 14.3. The van der Waals surface area contributed by atoms with Crippen LogP contribution in [0, 0.1) is 11.8 Å². The lowest BCUT2D eigenvalue weighted by molar-refractivity contribution is -0.117. The van der Waals surface area contributed by atoms with Gasteiger partial charge in [-0.3, -0.25) is 9.78 Å². The van der Waals surface area contributed by atoms with Gasteiger partial charge in [-0.15, -0.1) is 0 Å². The minimum atomic E-state index is 0.271. The molecule has 136 valence electrons. The third-order valence-corrected chi connectivity index (χ3v) is 5.74. The van der Waals surface area contributed by atoms with Gasteiger partial charge in [0.05, 0.1) is 0 Å². The number of carbonyl (C=O) groups is 1. The molecule has 2 aliphatic heterocycles. The van der Waals surface area contributed by atoms with Crippen LogP contribution in [0.3, 0.4) is 0 Å². The first kappa shape index (κ1) is 17.2. The molecular formula is C22H27N3O. The molecule has 1 atom stereocenters. The lowest BCUT2D eigenvalue weighted by atomic mass is 9.90. The molecule has 4 nitrogen and oxygen atoms in total. The maximum Gasteiger partial charge on any atom is 0.227 e. The predicted octanol–water partition coefficient (Wildman–Crippen LogP) is 3.39. The molecule has 2 saturated heterocycles. The standard InChI is InChI=1S/C22H27N3O/c26-22-14-20(17-25(22)21-6-2-1-3-7-21)16-24-11-8-18(9-12-24)13-19-5-4-10-23-15-19/h1-7,10,15,18,20H,8-9,11-14,16-17H2/t20-/m1/s1. The summed E-state index contributed by atoms with van der Waals surface area (Å²) in [5.74, 6) is 1.49. The Labute approximate surface area is 155 Å². The third kappa shape index (κ3) is 4.13. The summed E-state index contributed by atoms with van der Waals surface area (Å²) < 4.78 is 0. The van der Waals surface area contributed by atoms with Gasteiger partial charge in [0.25, 0.3) is 0 Å². The molecule has 1 aromatic carbocycles. The topological polar surface area (TPSA) is 36.4 Å². The number of amides is 1. The average molecular weight is 349 g/mol. The monoisotopic (exact) mass is 349 g/mol. The molecule has 4 rings (SSSR count). The fourth-order valence-electron chi connectivity index (χ4n) is 4.35. The lowest BCUT2D eigenvalue weighted by Gasteiger charge is -2.33. The molecule has 0 unspecified atom stereocenters. The highest BCUT2D eigenvalue weighted by Crippen LogP contribution is 2.27. The van der Waals surface area contributed by atoms with Gasteiger partial charge in [-0.25, -0.2) is 0 Å². The van der Waals surface area contributed by atoms with E-state index in [2.05, 4.69) is 16.0 Å². The van der Waals surface area contributed by atoms with Gasteiger partial charge in [-0.1, -0.05) is 24.3 Å². The van der Waals surface area contributed by atoms with Crippen molar-refractivity contribution >= 4 is 11.6 Å². The fourth-order valence-corrected chi connectivity index (χ4v) is 4.35. The average Bonchev–Trinajstić information content (AvgIpc) is 3.05. The zero-order valence-corrected chi connectivity index (χ0v) is 15.3. The Bertz CT molecular complexity index is 711. The normalized spacial score (nSPS) is 22.1. The number of piperidine rings is 1. The number of aromatic nitrogens is 1. The Hall–Kier alpha value is -2.20. The number of hydrogen-bond donors (Lipinski definition) is 0. The zero-order valence-electron chi connectivity index (χ0n) is 15.3. The van der Waals surface area contributed by atoms with Crippen LogP contribution in [0.1, 0.15) is 24.8 Å². The Balaban J connectivity index is 1.25. The van der Waals surface area contributed by atoms with Crippen molar-refractivity contribution in [2.75, 3.05) is 31.1 Å². The van der Waals surface area contributed by atoms with Gasteiger partial charge >= 0.3 is 0 Å². The van der Waals surface area contributed by atoms with Crippen molar-refractivity contribution < 1.29 is 4.79 Å². The molecule has 0 spiro atoms. The molecule has 1 aromatic heterocycles. The summed E-state index contributed by atoms with van der Waals surface area (Å²) in [5.41, 5.74) is 2.39. The molecule has 0 radical (unpaired) electrons. The van der Waals surface area contributed by atoms with E-state index in [1.54, 1.807) is 0 Å². The minimum absolute atomic E-state index is 0.271. The molecule has 26 heavy (non-hydrogen) atoms. The molecule has 2 fully saturated rings. The molecule has 4 heteroatoms. The summed E-state index contributed by atoms with van der Waals surface area (Å²) >= 11 is 0. The quantitative estimate of drug-likeness (QED) is 0.830.